The van der Waals surface area contributed by atoms with Crippen LogP contribution in [0, 0.1) is 0 Å². The zero-order valence-corrected chi connectivity index (χ0v) is 20.7. The van der Waals surface area contributed by atoms with Gasteiger partial charge in [-0.1, -0.05) is 6.07 Å². The summed E-state index contributed by atoms with van der Waals surface area (Å²) in [7, 11) is 0. The molecule has 7 nitrogen and oxygen atoms in total. The van der Waals surface area contributed by atoms with E-state index in [-0.39, 0.29) is 42.3 Å². The number of carbonyl (C=O) groups is 2. The topological polar surface area (TPSA) is 71.8 Å². The maximum Gasteiger partial charge on any atom is 0.294 e. The molecular formula is C25H26IN3O4. The van der Waals surface area contributed by atoms with E-state index in [9.17, 15) is 9.59 Å². The van der Waals surface area contributed by atoms with Crippen LogP contribution in [0.15, 0.2) is 72.9 Å². The van der Waals surface area contributed by atoms with E-state index in [2.05, 4.69) is 5.32 Å². The molecule has 1 aliphatic heterocycles. The first-order chi connectivity index (χ1) is 15.6. The van der Waals surface area contributed by atoms with Crippen LogP contribution >= 0.6 is 0 Å². The maximum absolute atomic E-state index is 13.5. The van der Waals surface area contributed by atoms with Gasteiger partial charge in [0.05, 0.1) is 13.2 Å². The Labute approximate surface area is 210 Å². The number of nitrogens with zero attached hydrogens (tertiary/aromatic N) is 2. The van der Waals surface area contributed by atoms with Gasteiger partial charge in [0.25, 0.3) is 11.8 Å². The number of pyridine rings is 1. The van der Waals surface area contributed by atoms with Crippen LogP contribution in [0.5, 0.6) is 11.5 Å². The van der Waals surface area contributed by atoms with Crippen LogP contribution in [0.3, 0.4) is 0 Å². The molecule has 33 heavy (non-hydrogen) atoms. The van der Waals surface area contributed by atoms with Gasteiger partial charge in [0.2, 0.25) is 18.3 Å². The number of carbonyl (C=O) groups excluding carboxylic acids is 2. The fourth-order valence-corrected chi connectivity index (χ4v) is 3.81. The number of ether oxygens (including phenoxy) is 2. The molecule has 3 aromatic rings. The summed E-state index contributed by atoms with van der Waals surface area (Å²) < 4.78 is 12.8. The van der Waals surface area contributed by atoms with Gasteiger partial charge < -0.3 is 38.8 Å². The number of aromatic nitrogens is 1. The normalized spacial score (nSPS) is 14.7. The average molecular weight is 559 g/mol. The fourth-order valence-electron chi connectivity index (χ4n) is 3.81. The van der Waals surface area contributed by atoms with Crippen molar-refractivity contribution in [3.05, 3.63) is 78.6 Å². The number of amides is 2. The van der Waals surface area contributed by atoms with Crippen molar-refractivity contribution in [2.24, 2.45) is 0 Å². The van der Waals surface area contributed by atoms with Crippen molar-refractivity contribution in [3.63, 3.8) is 0 Å². The van der Waals surface area contributed by atoms with E-state index in [0.717, 1.165) is 11.4 Å². The molecule has 172 valence electrons. The predicted molar refractivity (Wildman–Crippen MR) is 121 cm³/mol. The third-order valence-corrected chi connectivity index (χ3v) is 5.20. The molecule has 4 rings (SSSR count). The number of nitrogens with one attached hydrogen (secondary N) is 1. The first-order valence-corrected chi connectivity index (χ1v) is 10.7. The minimum atomic E-state index is -0.818. The lowest BCUT2D eigenvalue weighted by Crippen LogP contribution is -3.00. The highest BCUT2D eigenvalue weighted by atomic mass is 127. The zero-order valence-electron chi connectivity index (χ0n) is 18.5. The standard InChI is InChI=1S/C25H25N3O4.HI/c1-3-31-20-12-8-18(9-13-20)26-25(30)24-22-7-5-6-16-27(22)17-23(29)28(24)19-10-14-21(15-11-19)32-4-2;/h5-16,24H,3-4,17H2,1-2H3;1H. The van der Waals surface area contributed by atoms with Crippen molar-refractivity contribution in [2.45, 2.75) is 26.4 Å². The molecule has 2 heterocycles. The first-order valence-electron chi connectivity index (χ1n) is 10.7. The van der Waals surface area contributed by atoms with Crippen LogP contribution in [0.2, 0.25) is 0 Å². The predicted octanol–water partition coefficient (Wildman–Crippen LogP) is 0.502. The zero-order chi connectivity index (χ0) is 22.5. The molecule has 1 aromatic heterocycles. The van der Waals surface area contributed by atoms with Crippen LogP contribution < -0.4 is 48.2 Å². The Morgan fingerprint density at radius 1 is 0.970 bits per heavy atom. The first kappa shape index (κ1) is 24.5. The quantitative estimate of drug-likeness (QED) is 0.339. The molecule has 1 N–H and O–H groups in total. The number of hydrogen-bond acceptors (Lipinski definition) is 4. The van der Waals surface area contributed by atoms with Crippen molar-refractivity contribution in [2.75, 3.05) is 23.4 Å². The van der Waals surface area contributed by atoms with E-state index in [0.29, 0.717) is 30.3 Å². The SMILES string of the molecule is CCOc1ccc(NC(=O)C2c3cccc[n+]3CC(=O)N2c2ccc(OCC)cc2)cc1.[I-]. The van der Waals surface area contributed by atoms with Crippen molar-refractivity contribution in [1.82, 2.24) is 0 Å². The van der Waals surface area contributed by atoms with E-state index in [1.165, 1.54) is 0 Å². The van der Waals surface area contributed by atoms with Crippen LogP contribution in [0.25, 0.3) is 0 Å². The number of halogens is 1. The van der Waals surface area contributed by atoms with Crippen molar-refractivity contribution >= 4 is 23.2 Å². The van der Waals surface area contributed by atoms with Gasteiger partial charge in [-0.2, -0.15) is 4.57 Å². The molecule has 0 aliphatic carbocycles. The van der Waals surface area contributed by atoms with Crippen molar-refractivity contribution < 1.29 is 47.6 Å². The molecular weight excluding hydrogens is 533 g/mol. The summed E-state index contributed by atoms with van der Waals surface area (Å²) in [4.78, 5) is 28.1. The van der Waals surface area contributed by atoms with Crippen LogP contribution in [-0.4, -0.2) is 25.0 Å². The van der Waals surface area contributed by atoms with E-state index >= 15 is 0 Å². The lowest BCUT2D eigenvalue weighted by atomic mass is 10.0. The van der Waals surface area contributed by atoms with Crippen molar-refractivity contribution in [3.8, 4) is 11.5 Å². The molecule has 2 aromatic carbocycles. The van der Waals surface area contributed by atoms with E-state index in [4.69, 9.17) is 9.47 Å². The van der Waals surface area contributed by atoms with Gasteiger partial charge in [0, 0.05) is 23.5 Å². The maximum atomic E-state index is 13.5. The lowest BCUT2D eigenvalue weighted by molar-refractivity contribution is -0.695. The minimum absolute atomic E-state index is 0. The summed E-state index contributed by atoms with van der Waals surface area (Å²) in [6.45, 7) is 5.12. The lowest BCUT2D eigenvalue weighted by Gasteiger charge is -2.32. The Morgan fingerprint density at radius 3 is 2.18 bits per heavy atom. The van der Waals surface area contributed by atoms with Gasteiger partial charge in [-0.25, -0.2) is 0 Å². The summed E-state index contributed by atoms with van der Waals surface area (Å²) >= 11 is 0. The number of benzene rings is 2. The molecule has 0 radical (unpaired) electrons. The fraction of sp³-hybridized carbons (Fsp3) is 0.240. The Hall–Kier alpha value is -3.14. The molecule has 8 heteroatoms. The van der Waals surface area contributed by atoms with E-state index < -0.39 is 6.04 Å². The molecule has 1 unspecified atom stereocenters. The summed E-state index contributed by atoms with van der Waals surface area (Å²) in [6, 6.07) is 19.2. The minimum Gasteiger partial charge on any atom is -1.00 e. The largest absolute Gasteiger partial charge is 1.00 e. The van der Waals surface area contributed by atoms with Gasteiger partial charge in [-0.3, -0.25) is 14.5 Å². The molecule has 2 amide bonds. The van der Waals surface area contributed by atoms with Crippen LogP contribution in [0.4, 0.5) is 11.4 Å². The third-order valence-electron chi connectivity index (χ3n) is 5.20. The molecule has 0 saturated carbocycles. The summed E-state index contributed by atoms with van der Waals surface area (Å²) in [5.41, 5.74) is 2.01. The number of anilines is 2. The monoisotopic (exact) mass is 559 g/mol. The smallest absolute Gasteiger partial charge is 0.294 e. The number of fused-ring (bicyclic) bond motifs is 1. The van der Waals surface area contributed by atoms with Crippen molar-refractivity contribution in [1.29, 1.82) is 0 Å². The van der Waals surface area contributed by atoms with Crippen LogP contribution in [-0.2, 0) is 16.1 Å². The molecule has 1 aliphatic rings. The summed E-state index contributed by atoms with van der Waals surface area (Å²) in [5, 5.41) is 2.95. The number of hydrogen-bond donors (Lipinski definition) is 1. The third kappa shape index (κ3) is 5.44. The summed E-state index contributed by atoms with van der Waals surface area (Å²) in [6.07, 6.45) is 1.82. The molecule has 0 spiro atoms. The molecule has 0 bridgehead atoms. The molecule has 0 saturated heterocycles. The average Bonchev–Trinajstić information content (AvgIpc) is 2.80. The Kier molecular flexibility index (Phi) is 8.26. The van der Waals surface area contributed by atoms with Gasteiger partial charge in [0.15, 0.2) is 6.20 Å². The Morgan fingerprint density at radius 2 is 1.58 bits per heavy atom. The Balaban J connectivity index is 0.00000306. The van der Waals surface area contributed by atoms with Crippen LogP contribution in [0.1, 0.15) is 25.6 Å². The van der Waals surface area contributed by atoms with Gasteiger partial charge in [-0.15, -0.1) is 0 Å². The highest BCUT2D eigenvalue weighted by molar-refractivity contribution is 6.05. The highest BCUT2D eigenvalue weighted by Crippen LogP contribution is 2.31. The Bertz CT molecular complexity index is 1100. The second-order valence-electron chi connectivity index (χ2n) is 7.29. The van der Waals surface area contributed by atoms with E-state index in [1.54, 1.807) is 53.4 Å². The van der Waals surface area contributed by atoms with Gasteiger partial charge in [0.1, 0.15) is 11.5 Å². The highest BCUT2D eigenvalue weighted by Gasteiger charge is 2.43. The van der Waals surface area contributed by atoms with Gasteiger partial charge >= 0.3 is 0 Å². The molecule has 0 fully saturated rings. The summed E-state index contributed by atoms with van der Waals surface area (Å²) in [5.74, 6) is 0.988. The second-order valence-corrected chi connectivity index (χ2v) is 7.29. The number of rotatable bonds is 7. The molecule has 1 atom stereocenters. The van der Waals surface area contributed by atoms with E-state index in [1.807, 2.05) is 42.8 Å². The second kappa shape index (κ2) is 11.1. The van der Waals surface area contributed by atoms with Gasteiger partial charge in [-0.05, 0) is 62.4 Å².